The Labute approximate surface area is 37.9 Å². The predicted octanol–water partition coefficient (Wildman–Crippen LogP) is 1.73. The summed E-state index contributed by atoms with van der Waals surface area (Å²) in [5.41, 5.74) is 2.39. The minimum atomic E-state index is 0.750. The summed E-state index contributed by atoms with van der Waals surface area (Å²) in [6, 6.07) is 0. The molecule has 1 fully saturated rings. The van der Waals surface area contributed by atoms with Crippen molar-refractivity contribution in [1.82, 2.24) is 0 Å². The van der Waals surface area contributed by atoms with Crippen LogP contribution in [-0.4, -0.2) is 0 Å². The van der Waals surface area contributed by atoms with E-state index in [0.717, 1.165) is 5.41 Å². The SMILES string of the molecule is CC1=CC12CC2. The molecular weight excluding hydrogens is 72.1 g/mol. The fraction of sp³-hybridized carbons (Fsp3) is 0.667. The molecule has 0 heteroatoms. The molecule has 2 aliphatic rings. The van der Waals surface area contributed by atoms with Crippen molar-refractivity contribution < 1.29 is 0 Å². The predicted molar refractivity (Wildman–Crippen MR) is 25.4 cm³/mol. The van der Waals surface area contributed by atoms with Gasteiger partial charge in [0, 0.05) is 5.41 Å². The second-order valence-electron chi connectivity index (χ2n) is 2.48. The minimum Gasteiger partial charge on any atom is -0.0745 e. The van der Waals surface area contributed by atoms with Crippen LogP contribution in [0.3, 0.4) is 0 Å². The second kappa shape index (κ2) is 0.481. The summed E-state index contributed by atoms with van der Waals surface area (Å²) in [5.74, 6) is 0. The van der Waals surface area contributed by atoms with Crippen LogP contribution < -0.4 is 0 Å². The van der Waals surface area contributed by atoms with E-state index in [1.807, 2.05) is 0 Å². The molecule has 0 aromatic rings. The maximum atomic E-state index is 2.38. The summed E-state index contributed by atoms with van der Waals surface area (Å²) in [6.07, 6.45) is 5.30. The van der Waals surface area contributed by atoms with Crippen LogP contribution in [0.1, 0.15) is 19.8 Å². The van der Waals surface area contributed by atoms with Crippen molar-refractivity contribution in [2.24, 2.45) is 5.41 Å². The van der Waals surface area contributed by atoms with E-state index < -0.39 is 0 Å². The Bertz CT molecular complexity index is 116. The third-order valence-corrected chi connectivity index (χ3v) is 1.98. The molecule has 0 heterocycles. The number of hydrogen-bond acceptors (Lipinski definition) is 0. The van der Waals surface area contributed by atoms with Crippen LogP contribution in [0.5, 0.6) is 0 Å². The fourth-order valence-electron chi connectivity index (χ4n) is 1.05. The Morgan fingerprint density at radius 1 is 1.67 bits per heavy atom. The first kappa shape index (κ1) is 2.84. The molecule has 32 valence electrons. The molecule has 0 aromatic heterocycles. The van der Waals surface area contributed by atoms with Gasteiger partial charge in [-0.1, -0.05) is 11.6 Å². The second-order valence-corrected chi connectivity index (χ2v) is 2.48. The van der Waals surface area contributed by atoms with Crippen molar-refractivity contribution in [1.29, 1.82) is 0 Å². The van der Waals surface area contributed by atoms with E-state index in [4.69, 9.17) is 0 Å². The highest BCUT2D eigenvalue weighted by atomic mass is 14.5. The van der Waals surface area contributed by atoms with Gasteiger partial charge in [0.2, 0.25) is 0 Å². The zero-order valence-corrected chi connectivity index (χ0v) is 3.99. The van der Waals surface area contributed by atoms with Gasteiger partial charge in [-0.05, 0) is 19.8 Å². The molecule has 0 atom stereocenters. The van der Waals surface area contributed by atoms with Gasteiger partial charge in [-0.2, -0.15) is 0 Å². The van der Waals surface area contributed by atoms with Gasteiger partial charge in [0.15, 0.2) is 0 Å². The molecule has 0 radical (unpaired) electrons. The Balaban J connectivity index is 2.26. The average Bonchev–Trinajstić information content (AvgIpc) is 2.25. The lowest BCUT2D eigenvalue weighted by atomic mass is 10.3. The van der Waals surface area contributed by atoms with E-state index in [2.05, 4.69) is 13.0 Å². The molecule has 0 N–H and O–H groups in total. The monoisotopic (exact) mass is 80.1 g/mol. The van der Waals surface area contributed by atoms with Crippen molar-refractivity contribution in [2.75, 3.05) is 0 Å². The van der Waals surface area contributed by atoms with Gasteiger partial charge >= 0.3 is 0 Å². The Morgan fingerprint density at radius 2 is 2.17 bits per heavy atom. The fourth-order valence-corrected chi connectivity index (χ4v) is 1.05. The maximum absolute atomic E-state index is 2.38. The smallest absolute Gasteiger partial charge is 0.00920 e. The summed E-state index contributed by atoms with van der Waals surface area (Å²) < 4.78 is 0. The third-order valence-electron chi connectivity index (χ3n) is 1.98. The molecule has 0 aliphatic heterocycles. The summed E-state index contributed by atoms with van der Waals surface area (Å²) in [7, 11) is 0. The van der Waals surface area contributed by atoms with Gasteiger partial charge in [0.1, 0.15) is 0 Å². The lowest BCUT2D eigenvalue weighted by Gasteiger charge is -1.75. The van der Waals surface area contributed by atoms with E-state index in [-0.39, 0.29) is 0 Å². The molecule has 0 unspecified atom stereocenters. The van der Waals surface area contributed by atoms with E-state index in [1.165, 1.54) is 12.8 Å². The molecule has 2 rings (SSSR count). The van der Waals surface area contributed by atoms with Crippen molar-refractivity contribution in [3.8, 4) is 0 Å². The summed E-state index contributed by atoms with van der Waals surface area (Å²) in [4.78, 5) is 0. The van der Waals surface area contributed by atoms with Crippen LogP contribution in [-0.2, 0) is 0 Å². The molecule has 2 aliphatic carbocycles. The number of allylic oxidation sites excluding steroid dienone is 2. The average molecular weight is 80.1 g/mol. The van der Waals surface area contributed by atoms with Crippen LogP contribution >= 0.6 is 0 Å². The van der Waals surface area contributed by atoms with Crippen LogP contribution in [0, 0.1) is 5.41 Å². The first-order valence-electron chi connectivity index (χ1n) is 2.53. The highest BCUT2D eigenvalue weighted by Crippen LogP contribution is 2.63. The maximum Gasteiger partial charge on any atom is 0.00920 e. The highest BCUT2D eigenvalue weighted by Gasteiger charge is 2.51. The molecule has 0 saturated heterocycles. The zero-order chi connectivity index (χ0) is 4.20. The molecule has 0 nitrogen and oxygen atoms in total. The normalized spacial score (nSPS) is 33.2. The lowest BCUT2D eigenvalue weighted by molar-refractivity contribution is 0.954. The van der Waals surface area contributed by atoms with Gasteiger partial charge < -0.3 is 0 Å². The molecule has 1 spiro atoms. The Hall–Kier alpha value is -0.260. The van der Waals surface area contributed by atoms with Gasteiger partial charge in [-0.3, -0.25) is 0 Å². The molecule has 0 bridgehead atoms. The Morgan fingerprint density at radius 3 is 2.17 bits per heavy atom. The van der Waals surface area contributed by atoms with Gasteiger partial charge in [0.25, 0.3) is 0 Å². The van der Waals surface area contributed by atoms with Crippen LogP contribution in [0.2, 0.25) is 0 Å². The van der Waals surface area contributed by atoms with Crippen LogP contribution in [0.4, 0.5) is 0 Å². The standard InChI is InChI=1S/C6H8/c1-5-4-6(5)2-3-6/h4H,2-3H2,1H3. The minimum absolute atomic E-state index is 0.750. The highest BCUT2D eigenvalue weighted by molar-refractivity contribution is 5.43. The topological polar surface area (TPSA) is 0 Å². The van der Waals surface area contributed by atoms with Gasteiger partial charge in [-0.15, -0.1) is 0 Å². The van der Waals surface area contributed by atoms with Crippen LogP contribution in [0.25, 0.3) is 0 Å². The van der Waals surface area contributed by atoms with E-state index in [1.54, 1.807) is 5.57 Å². The van der Waals surface area contributed by atoms with E-state index >= 15 is 0 Å². The van der Waals surface area contributed by atoms with Crippen molar-refractivity contribution >= 4 is 0 Å². The lowest BCUT2D eigenvalue weighted by Crippen LogP contribution is -1.65. The third kappa shape index (κ3) is 0.149. The van der Waals surface area contributed by atoms with Crippen molar-refractivity contribution in [3.63, 3.8) is 0 Å². The summed E-state index contributed by atoms with van der Waals surface area (Å²) >= 11 is 0. The van der Waals surface area contributed by atoms with E-state index in [9.17, 15) is 0 Å². The molecule has 1 saturated carbocycles. The van der Waals surface area contributed by atoms with E-state index in [0.29, 0.717) is 0 Å². The van der Waals surface area contributed by atoms with Crippen LogP contribution in [0.15, 0.2) is 11.6 Å². The Kier molecular flexibility index (Phi) is 0.228. The van der Waals surface area contributed by atoms with Gasteiger partial charge in [0.05, 0.1) is 0 Å². The largest absolute Gasteiger partial charge is 0.0745 e. The number of rotatable bonds is 0. The van der Waals surface area contributed by atoms with Crippen molar-refractivity contribution in [2.45, 2.75) is 19.8 Å². The number of hydrogen-bond donors (Lipinski definition) is 0. The summed E-state index contributed by atoms with van der Waals surface area (Å²) in [5, 5.41) is 0. The molecule has 0 amide bonds. The quantitative estimate of drug-likeness (QED) is 0.389. The first-order valence-corrected chi connectivity index (χ1v) is 2.53. The summed E-state index contributed by atoms with van der Waals surface area (Å²) in [6.45, 7) is 2.23. The molecule has 0 aromatic carbocycles. The van der Waals surface area contributed by atoms with Gasteiger partial charge in [-0.25, -0.2) is 0 Å². The molecular formula is C6H8. The molecule has 6 heavy (non-hydrogen) atoms. The zero-order valence-electron chi connectivity index (χ0n) is 3.99. The first-order chi connectivity index (χ1) is 2.83. The van der Waals surface area contributed by atoms with Crippen molar-refractivity contribution in [3.05, 3.63) is 11.6 Å².